The zero-order chi connectivity index (χ0) is 36.1. The van der Waals surface area contributed by atoms with Gasteiger partial charge in [0.25, 0.3) is 0 Å². The number of carbonyl (C=O) groups is 2. The van der Waals surface area contributed by atoms with Crippen molar-refractivity contribution in [3.8, 4) is 0 Å². The minimum absolute atomic E-state index is 0.000863. The van der Waals surface area contributed by atoms with Crippen molar-refractivity contribution in [2.45, 2.75) is 162 Å². The van der Waals surface area contributed by atoms with E-state index in [2.05, 4.69) is 98.5 Å². The van der Waals surface area contributed by atoms with Gasteiger partial charge in [0.2, 0.25) is 0 Å². The Balaban J connectivity index is 3.53. The molecule has 0 N–H and O–H groups in total. The van der Waals surface area contributed by atoms with Gasteiger partial charge in [-0.05, 0) is 61.4 Å². The van der Waals surface area contributed by atoms with Gasteiger partial charge < -0.3 is 23.1 Å². The van der Waals surface area contributed by atoms with Crippen LogP contribution in [0, 0.1) is 11.8 Å². The quantitative estimate of drug-likeness (QED) is 0.0503. The highest BCUT2D eigenvalue weighted by molar-refractivity contribution is 8.03. The largest absolute Gasteiger partial charge is 0.467 e. The third kappa shape index (κ3) is 15.2. The number of hydrogen-bond donors (Lipinski definition) is 0. The minimum Gasteiger partial charge on any atom is -0.467 e. The van der Waals surface area contributed by atoms with Gasteiger partial charge in [-0.1, -0.05) is 93.7 Å². The maximum Gasteiger partial charge on any atom is 0.331 e. The third-order valence-electron chi connectivity index (χ3n) is 9.92. The van der Waals surface area contributed by atoms with Crippen molar-refractivity contribution in [3.63, 3.8) is 0 Å². The lowest BCUT2D eigenvalue weighted by Gasteiger charge is -2.40. The number of ether oxygens (including phenoxy) is 3. The van der Waals surface area contributed by atoms with Gasteiger partial charge in [0.05, 0.1) is 19.3 Å². The fourth-order valence-corrected chi connectivity index (χ4v) is 8.71. The molecule has 0 fully saturated rings. The summed E-state index contributed by atoms with van der Waals surface area (Å²) in [6.45, 7) is 29.9. The second-order valence-electron chi connectivity index (χ2n) is 16.3. The van der Waals surface area contributed by atoms with E-state index in [1.165, 1.54) is 26.4 Å². The first kappa shape index (κ1) is 44.1. The maximum absolute atomic E-state index is 12.8. The van der Waals surface area contributed by atoms with E-state index in [1.54, 1.807) is 11.8 Å². The average Bonchev–Trinajstić information content (AvgIpc) is 3.25. The molecule has 0 saturated carbocycles. The van der Waals surface area contributed by atoms with Crippen LogP contribution in [0.2, 0.25) is 36.3 Å². The van der Waals surface area contributed by atoms with Crippen LogP contribution >= 0.6 is 11.8 Å². The van der Waals surface area contributed by atoms with Crippen molar-refractivity contribution in [1.82, 2.24) is 0 Å². The molecule has 0 spiro atoms. The molecule has 0 amide bonds. The molecule has 0 bridgehead atoms. The lowest BCUT2D eigenvalue weighted by molar-refractivity contribution is -0.146. The topological polar surface area (TPSA) is 80.3 Å². The molecule has 1 aliphatic rings. The van der Waals surface area contributed by atoms with Crippen LogP contribution in [0.5, 0.6) is 0 Å². The number of unbranched alkanes of at least 4 members (excludes halogenated alkanes) is 1. The summed E-state index contributed by atoms with van der Waals surface area (Å²) in [5, 5.41) is 0.139. The zero-order valence-electron chi connectivity index (χ0n) is 32.5. The molecule has 0 unspecified atom stereocenters. The fourth-order valence-electron chi connectivity index (χ4n) is 4.90. The normalized spacial score (nSPS) is 19.4. The molecule has 274 valence electrons. The highest BCUT2D eigenvalue weighted by Crippen LogP contribution is 2.47. The van der Waals surface area contributed by atoms with Gasteiger partial charge in [-0.25, -0.2) is 4.79 Å². The van der Waals surface area contributed by atoms with E-state index in [1.807, 2.05) is 6.92 Å². The average molecular weight is 715 g/mol. The van der Waals surface area contributed by atoms with E-state index < -0.39 is 16.6 Å². The minimum atomic E-state index is -2.15. The second-order valence-corrected chi connectivity index (χ2v) is 26.9. The predicted octanol–water partition coefficient (Wildman–Crippen LogP) is 10.4. The Labute approximate surface area is 295 Å². The van der Waals surface area contributed by atoms with E-state index in [0.29, 0.717) is 25.4 Å². The molecule has 0 aliphatic heterocycles. The molecule has 0 saturated heterocycles. The molecule has 10 heteroatoms. The van der Waals surface area contributed by atoms with Crippen LogP contribution < -0.4 is 0 Å². The summed E-state index contributed by atoms with van der Waals surface area (Å²) >= 11 is 1.71. The van der Waals surface area contributed by atoms with Crippen LogP contribution in [0.1, 0.15) is 114 Å². The molecule has 1 aliphatic carbocycles. The van der Waals surface area contributed by atoms with Crippen LogP contribution in [-0.4, -0.2) is 66.9 Å². The summed E-state index contributed by atoms with van der Waals surface area (Å²) in [6, 6.07) is 0. The summed E-state index contributed by atoms with van der Waals surface area (Å²) in [7, 11) is -2.83. The molecule has 0 heterocycles. The lowest BCUT2D eigenvalue weighted by atomic mass is 9.96. The highest BCUT2D eigenvalue weighted by Gasteiger charge is 2.45. The monoisotopic (exact) mass is 714 g/mol. The summed E-state index contributed by atoms with van der Waals surface area (Å²) in [5.41, 5.74) is 0. The highest BCUT2D eigenvalue weighted by atomic mass is 32.2. The van der Waals surface area contributed by atoms with E-state index >= 15 is 0 Å². The number of carbonyl (C=O) groups excluding carboxylic acids is 2. The van der Waals surface area contributed by atoms with Gasteiger partial charge in [0.15, 0.2) is 16.6 Å². The molecular weight excluding hydrogens is 645 g/mol. The first-order valence-corrected chi connectivity index (χ1v) is 24.7. The van der Waals surface area contributed by atoms with Crippen molar-refractivity contribution in [2.24, 2.45) is 11.8 Å². The summed E-state index contributed by atoms with van der Waals surface area (Å²) in [6.07, 6.45) is 11.5. The van der Waals surface area contributed by atoms with Gasteiger partial charge in [-0.15, -0.1) is 11.8 Å². The Kier molecular flexibility index (Phi) is 18.8. The summed E-state index contributed by atoms with van der Waals surface area (Å²) in [4.78, 5) is 25.4. The lowest BCUT2D eigenvalue weighted by Crippen LogP contribution is -2.45. The Morgan fingerprint density at radius 2 is 1.60 bits per heavy atom. The van der Waals surface area contributed by atoms with Crippen LogP contribution in [0.15, 0.2) is 22.8 Å². The Morgan fingerprint density at radius 1 is 0.957 bits per heavy atom. The molecule has 47 heavy (non-hydrogen) atoms. The first-order valence-electron chi connectivity index (χ1n) is 17.9. The van der Waals surface area contributed by atoms with Crippen LogP contribution in [0.3, 0.4) is 0 Å². The molecule has 1 rings (SSSR count). The first-order chi connectivity index (χ1) is 21.7. The standard InChI is InChI=1S/C37H70O7SSi2/c1-15-17-20-28(3)25-29(43-46(11,12)36(4,5)6)21-22-30-31(44-47(13,14)37(7,8)9)26-32(42-33(38)19-16-2)35(30)45-24-18-23-41-27-34(39)40-10/h21-22,28-31H,15-20,23-27H2,1-14H3/t28-,29-,30+,31-/m1/s1. The number of esters is 2. The van der Waals surface area contributed by atoms with Gasteiger partial charge in [-0.2, -0.15) is 0 Å². The number of methoxy groups -OCH3 is 1. The predicted molar refractivity (Wildman–Crippen MR) is 203 cm³/mol. The SMILES string of the molecule is CCCC[C@@H](C)C[C@@H](C=C[C@@H]1C(SCCCOCC(=O)OC)=C(OC(=O)CCC)C[C@H]1O[Si](C)(C)C(C)(C)C)O[Si](C)(C)C(C)(C)C. The molecular formula is C37H70O7SSi2. The van der Waals surface area contributed by atoms with E-state index in [4.69, 9.17) is 18.3 Å². The van der Waals surface area contributed by atoms with Crippen molar-refractivity contribution in [3.05, 3.63) is 22.8 Å². The molecule has 7 nitrogen and oxygen atoms in total. The molecule has 0 radical (unpaired) electrons. The molecule has 4 atom stereocenters. The maximum atomic E-state index is 12.8. The van der Waals surface area contributed by atoms with E-state index in [0.717, 1.165) is 35.7 Å². The Morgan fingerprint density at radius 3 is 2.15 bits per heavy atom. The third-order valence-corrected chi connectivity index (χ3v) is 20.2. The molecule has 0 aromatic carbocycles. The summed E-state index contributed by atoms with van der Waals surface area (Å²) < 4.78 is 30.5. The van der Waals surface area contributed by atoms with Gasteiger partial charge in [-0.3, -0.25) is 4.79 Å². The van der Waals surface area contributed by atoms with E-state index in [-0.39, 0.29) is 46.7 Å². The van der Waals surface area contributed by atoms with E-state index in [9.17, 15) is 9.59 Å². The van der Waals surface area contributed by atoms with Gasteiger partial charge in [0, 0.05) is 36.0 Å². The summed E-state index contributed by atoms with van der Waals surface area (Å²) in [5.74, 6) is 1.43. The van der Waals surface area contributed by atoms with Crippen LogP contribution in [-0.2, 0) is 32.7 Å². The van der Waals surface area contributed by atoms with Crippen molar-refractivity contribution in [1.29, 1.82) is 0 Å². The molecule has 0 aromatic rings. The Hall–Kier alpha value is -0.916. The fraction of sp³-hybridized carbons (Fsp3) is 0.838. The molecule has 0 aromatic heterocycles. The van der Waals surface area contributed by atoms with Crippen LogP contribution in [0.4, 0.5) is 0 Å². The van der Waals surface area contributed by atoms with Gasteiger partial charge >= 0.3 is 11.9 Å². The zero-order valence-corrected chi connectivity index (χ0v) is 35.3. The second kappa shape index (κ2) is 20.1. The van der Waals surface area contributed by atoms with Crippen molar-refractivity contribution < 1.29 is 32.7 Å². The smallest absolute Gasteiger partial charge is 0.331 e. The van der Waals surface area contributed by atoms with Crippen LogP contribution in [0.25, 0.3) is 0 Å². The number of hydrogen-bond acceptors (Lipinski definition) is 8. The number of rotatable bonds is 21. The Bertz CT molecular complexity index is 1030. The van der Waals surface area contributed by atoms with Crippen molar-refractivity contribution in [2.75, 3.05) is 26.1 Å². The van der Waals surface area contributed by atoms with Gasteiger partial charge in [0.1, 0.15) is 12.4 Å². The van der Waals surface area contributed by atoms with Crippen molar-refractivity contribution >= 4 is 40.3 Å². The number of thioether (sulfide) groups is 1.